The van der Waals surface area contributed by atoms with Crippen LogP contribution in [0.15, 0.2) is 71.9 Å². The van der Waals surface area contributed by atoms with E-state index in [0.717, 1.165) is 5.56 Å². The van der Waals surface area contributed by atoms with E-state index >= 15 is 0 Å². The van der Waals surface area contributed by atoms with Crippen LogP contribution in [-0.2, 0) is 15.4 Å². The zero-order chi connectivity index (χ0) is 20.2. The van der Waals surface area contributed by atoms with Crippen molar-refractivity contribution in [3.63, 3.8) is 0 Å². The molecular formula is C21H12Cl3N3O2. The summed E-state index contributed by atoms with van der Waals surface area (Å²) in [5.74, 6) is 0.101. The maximum absolute atomic E-state index is 13.2. The Balaban J connectivity index is 1.73. The molecule has 1 atom stereocenters. The van der Waals surface area contributed by atoms with Crippen molar-refractivity contribution in [2.24, 2.45) is 5.16 Å². The number of nitrogens with one attached hydrogen (secondary N) is 1. The smallest absolute Gasteiger partial charge is 0.322 e. The normalized spacial score (nSPS) is 19.8. The van der Waals surface area contributed by atoms with Gasteiger partial charge in [0.2, 0.25) is 0 Å². The van der Waals surface area contributed by atoms with Crippen LogP contribution >= 0.6 is 34.8 Å². The van der Waals surface area contributed by atoms with Crippen LogP contribution in [0.5, 0.6) is 0 Å². The minimum absolute atomic E-state index is 0.363. The van der Waals surface area contributed by atoms with Crippen LogP contribution < -0.4 is 10.2 Å². The number of carbonyl (C=O) groups excluding carboxylic acids is 1. The number of fused-ring (bicyclic) bond motifs is 2. The first-order valence-corrected chi connectivity index (χ1v) is 9.82. The van der Waals surface area contributed by atoms with E-state index < -0.39 is 5.72 Å². The molecule has 0 saturated heterocycles. The van der Waals surface area contributed by atoms with Gasteiger partial charge in [0.25, 0.3) is 5.91 Å². The number of rotatable bonds is 2. The lowest BCUT2D eigenvalue weighted by molar-refractivity contribution is -0.137. The molecule has 29 heavy (non-hydrogen) atoms. The average molecular weight is 445 g/mol. The number of benzene rings is 3. The summed E-state index contributed by atoms with van der Waals surface area (Å²) < 4.78 is 0. The van der Waals surface area contributed by atoms with Crippen molar-refractivity contribution in [2.45, 2.75) is 5.72 Å². The summed E-state index contributed by atoms with van der Waals surface area (Å²) in [5, 5.41) is 8.81. The molecule has 1 amide bonds. The molecule has 2 heterocycles. The Labute approximate surface area is 181 Å². The van der Waals surface area contributed by atoms with Crippen molar-refractivity contribution in [1.82, 2.24) is 0 Å². The van der Waals surface area contributed by atoms with E-state index in [4.69, 9.17) is 39.6 Å². The van der Waals surface area contributed by atoms with Gasteiger partial charge in [0.15, 0.2) is 5.84 Å². The fraction of sp³-hybridized carbons (Fsp3) is 0.0476. The van der Waals surface area contributed by atoms with Crippen LogP contribution in [0.2, 0.25) is 15.1 Å². The quantitative estimate of drug-likeness (QED) is 0.556. The summed E-state index contributed by atoms with van der Waals surface area (Å²) in [7, 11) is 0. The third kappa shape index (κ3) is 2.77. The van der Waals surface area contributed by atoms with Crippen LogP contribution in [0.1, 0.15) is 11.1 Å². The fourth-order valence-electron chi connectivity index (χ4n) is 3.56. The molecule has 0 aliphatic carbocycles. The summed E-state index contributed by atoms with van der Waals surface area (Å²) in [6.07, 6.45) is 0. The van der Waals surface area contributed by atoms with Crippen molar-refractivity contribution in [3.05, 3.63) is 92.9 Å². The number of anilines is 2. The minimum Gasteiger partial charge on any atom is -0.349 e. The third-order valence-electron chi connectivity index (χ3n) is 4.88. The Morgan fingerprint density at radius 2 is 1.48 bits per heavy atom. The predicted octanol–water partition coefficient (Wildman–Crippen LogP) is 5.65. The number of hydrogen-bond acceptors (Lipinski definition) is 4. The van der Waals surface area contributed by atoms with Gasteiger partial charge in [0, 0.05) is 26.3 Å². The number of nitrogens with zero attached hydrogens (tertiary/aromatic N) is 2. The van der Waals surface area contributed by atoms with Gasteiger partial charge in [-0.25, -0.2) is 0 Å². The van der Waals surface area contributed by atoms with Crippen molar-refractivity contribution in [1.29, 1.82) is 0 Å². The second-order valence-corrected chi connectivity index (χ2v) is 7.92. The molecule has 5 rings (SSSR count). The number of halogens is 3. The second-order valence-electron chi connectivity index (χ2n) is 6.61. The van der Waals surface area contributed by atoms with Gasteiger partial charge in [0.05, 0.1) is 11.3 Å². The average Bonchev–Trinajstić information content (AvgIpc) is 3.23. The molecule has 0 radical (unpaired) electrons. The molecule has 5 nitrogen and oxygen atoms in total. The molecule has 1 spiro atoms. The van der Waals surface area contributed by atoms with E-state index in [1.165, 1.54) is 0 Å². The molecule has 0 aromatic heterocycles. The molecule has 0 saturated carbocycles. The maximum atomic E-state index is 13.2. The van der Waals surface area contributed by atoms with Gasteiger partial charge in [-0.3, -0.25) is 9.69 Å². The second kappa shape index (κ2) is 6.66. The van der Waals surface area contributed by atoms with Crippen molar-refractivity contribution in [3.8, 4) is 0 Å². The van der Waals surface area contributed by atoms with E-state index in [1.54, 1.807) is 59.5 Å². The topological polar surface area (TPSA) is 53.9 Å². The molecule has 0 bridgehead atoms. The van der Waals surface area contributed by atoms with Gasteiger partial charge >= 0.3 is 5.72 Å². The summed E-state index contributed by atoms with van der Waals surface area (Å²) in [6, 6.07) is 19.4. The fourth-order valence-corrected chi connectivity index (χ4v) is 3.99. The van der Waals surface area contributed by atoms with Crippen molar-refractivity contribution >= 4 is 57.9 Å². The van der Waals surface area contributed by atoms with Crippen LogP contribution in [0, 0.1) is 0 Å². The maximum Gasteiger partial charge on any atom is 0.322 e. The lowest BCUT2D eigenvalue weighted by atomic mass is 10.00. The van der Waals surface area contributed by atoms with Crippen LogP contribution in [-0.4, -0.2) is 11.7 Å². The largest absolute Gasteiger partial charge is 0.349 e. The monoisotopic (exact) mass is 443 g/mol. The van der Waals surface area contributed by atoms with Gasteiger partial charge in [-0.1, -0.05) is 40.0 Å². The highest BCUT2D eigenvalue weighted by molar-refractivity contribution is 6.32. The lowest BCUT2D eigenvalue weighted by Crippen LogP contribution is -2.51. The van der Waals surface area contributed by atoms with Crippen LogP contribution in [0.3, 0.4) is 0 Å². The molecule has 8 heteroatoms. The highest BCUT2D eigenvalue weighted by Crippen LogP contribution is 2.48. The third-order valence-corrected chi connectivity index (χ3v) is 5.62. The number of carbonyl (C=O) groups is 1. The summed E-state index contributed by atoms with van der Waals surface area (Å²) >= 11 is 18.4. The molecule has 3 aromatic rings. The number of oxime groups is 1. The van der Waals surface area contributed by atoms with Crippen molar-refractivity contribution in [2.75, 3.05) is 10.2 Å². The first-order valence-electron chi connectivity index (χ1n) is 8.68. The van der Waals surface area contributed by atoms with Crippen LogP contribution in [0.4, 0.5) is 11.4 Å². The Kier molecular flexibility index (Phi) is 4.21. The highest BCUT2D eigenvalue weighted by atomic mass is 35.5. The molecule has 0 fully saturated rings. The zero-order valence-corrected chi connectivity index (χ0v) is 17.0. The Morgan fingerprint density at radius 3 is 2.17 bits per heavy atom. The zero-order valence-electron chi connectivity index (χ0n) is 14.7. The first kappa shape index (κ1) is 18.3. The van der Waals surface area contributed by atoms with E-state index in [-0.39, 0.29) is 5.91 Å². The Bertz CT molecular complexity index is 1160. The van der Waals surface area contributed by atoms with E-state index in [2.05, 4.69) is 10.5 Å². The first-order chi connectivity index (χ1) is 14.0. The minimum atomic E-state index is -1.52. The number of amides is 1. The van der Waals surface area contributed by atoms with Gasteiger partial charge in [-0.15, -0.1) is 0 Å². The van der Waals surface area contributed by atoms with Gasteiger partial charge in [0.1, 0.15) is 0 Å². The molecule has 2 aliphatic rings. The van der Waals surface area contributed by atoms with Gasteiger partial charge in [-0.05, 0) is 66.7 Å². The lowest BCUT2D eigenvalue weighted by Gasteiger charge is -2.32. The molecule has 144 valence electrons. The highest BCUT2D eigenvalue weighted by Gasteiger charge is 2.60. The van der Waals surface area contributed by atoms with E-state index in [0.29, 0.717) is 37.8 Å². The predicted molar refractivity (Wildman–Crippen MR) is 115 cm³/mol. The standard InChI is InChI=1S/C21H12Cl3N3O2/c22-13-3-1-12(2-4-13)19-26-29-21(27(19)16-8-5-14(23)6-9-16)17-11-15(24)7-10-18(17)25-20(21)28/h1-11H,(H,25,28)/t21-/m0/s1. The summed E-state index contributed by atoms with van der Waals surface area (Å²) in [4.78, 5) is 20.8. The SMILES string of the molecule is O=C1Nc2ccc(Cl)cc2[C@]12ON=C(c1ccc(Cl)cc1)N2c1ccc(Cl)cc1. The molecule has 1 N–H and O–H groups in total. The summed E-state index contributed by atoms with van der Waals surface area (Å²) in [6.45, 7) is 0. The Morgan fingerprint density at radius 1 is 0.862 bits per heavy atom. The molecular weight excluding hydrogens is 433 g/mol. The molecule has 3 aromatic carbocycles. The molecule has 0 unspecified atom stereocenters. The van der Waals surface area contributed by atoms with Gasteiger partial charge in [-0.2, -0.15) is 0 Å². The van der Waals surface area contributed by atoms with Crippen molar-refractivity contribution < 1.29 is 9.63 Å². The molecule has 2 aliphatic heterocycles. The van der Waals surface area contributed by atoms with Crippen LogP contribution in [0.25, 0.3) is 0 Å². The summed E-state index contributed by atoms with van der Waals surface area (Å²) in [5.41, 5.74) is 1.10. The van der Waals surface area contributed by atoms with E-state index in [1.807, 2.05) is 12.1 Å². The Hall–Kier alpha value is -2.73. The number of hydrogen-bond donors (Lipinski definition) is 1. The van der Waals surface area contributed by atoms with E-state index in [9.17, 15) is 4.79 Å². The number of amidine groups is 1. The van der Waals surface area contributed by atoms with Gasteiger partial charge < -0.3 is 10.2 Å².